The van der Waals surface area contributed by atoms with Gasteiger partial charge < -0.3 is 4.90 Å². The van der Waals surface area contributed by atoms with Crippen LogP contribution in [-0.4, -0.2) is 36.9 Å². The lowest BCUT2D eigenvalue weighted by Gasteiger charge is -2.27. The van der Waals surface area contributed by atoms with Gasteiger partial charge in [-0.25, -0.2) is 13.4 Å². The van der Waals surface area contributed by atoms with Crippen LogP contribution in [0.3, 0.4) is 0 Å². The molecule has 0 bridgehead atoms. The molecule has 0 fully saturated rings. The van der Waals surface area contributed by atoms with Crippen molar-refractivity contribution in [2.45, 2.75) is 17.3 Å². The van der Waals surface area contributed by atoms with Crippen molar-refractivity contribution >= 4 is 44.5 Å². The number of hydrogen-bond donors (Lipinski definition) is 0. The lowest BCUT2D eigenvalue weighted by Crippen LogP contribution is -2.42. The zero-order valence-corrected chi connectivity index (χ0v) is 15.4. The molecule has 0 radical (unpaired) electrons. The van der Waals surface area contributed by atoms with E-state index in [-0.39, 0.29) is 17.4 Å². The van der Waals surface area contributed by atoms with Crippen LogP contribution in [0.25, 0.3) is 0 Å². The minimum absolute atomic E-state index is 0.0747. The molecule has 0 spiro atoms. The average Bonchev–Trinajstić information content (AvgIpc) is 3.12. The number of thiazole rings is 1. The molecule has 2 heterocycles. The number of amides is 1. The standard InChI is InChI=1S/C16H16N2O3S3/c1-12-9-22-16(17-12)23-10-15(19)18(13-5-3-2-4-6-13)14-7-8-24(20,21)11-14/h2-9,14H,10-11H2,1H3/t14-/m0/s1. The van der Waals surface area contributed by atoms with E-state index in [0.29, 0.717) is 5.69 Å². The Labute approximate surface area is 149 Å². The number of aromatic nitrogens is 1. The second-order valence-corrected chi connectivity index (χ2v) is 9.38. The first kappa shape index (κ1) is 17.2. The highest BCUT2D eigenvalue weighted by atomic mass is 32.2. The highest BCUT2D eigenvalue weighted by Gasteiger charge is 2.31. The Bertz CT molecular complexity index is 860. The van der Waals surface area contributed by atoms with E-state index in [0.717, 1.165) is 10.0 Å². The number of sulfone groups is 1. The molecule has 1 aliphatic heterocycles. The van der Waals surface area contributed by atoms with E-state index in [2.05, 4.69) is 4.98 Å². The van der Waals surface area contributed by atoms with Crippen molar-refractivity contribution < 1.29 is 13.2 Å². The molecule has 0 unspecified atom stereocenters. The fourth-order valence-corrected chi connectivity index (χ4v) is 5.40. The number of anilines is 1. The molecule has 1 aliphatic rings. The van der Waals surface area contributed by atoms with E-state index < -0.39 is 15.9 Å². The number of rotatable bonds is 5. The third kappa shape index (κ3) is 4.06. The Morgan fingerprint density at radius 2 is 2.12 bits per heavy atom. The van der Waals surface area contributed by atoms with Gasteiger partial charge in [0.25, 0.3) is 0 Å². The van der Waals surface area contributed by atoms with Gasteiger partial charge in [0.05, 0.1) is 17.5 Å². The maximum Gasteiger partial charge on any atom is 0.238 e. The van der Waals surface area contributed by atoms with Gasteiger partial charge in [-0.15, -0.1) is 11.3 Å². The Hall–Kier alpha value is -1.64. The van der Waals surface area contributed by atoms with Crippen LogP contribution in [0, 0.1) is 6.92 Å². The largest absolute Gasteiger partial charge is 0.304 e. The van der Waals surface area contributed by atoms with Gasteiger partial charge in [-0.2, -0.15) is 0 Å². The third-order valence-corrected chi connectivity index (χ3v) is 6.96. The summed E-state index contributed by atoms with van der Waals surface area (Å²) in [7, 11) is -3.24. The molecule has 24 heavy (non-hydrogen) atoms. The Kier molecular flexibility index (Phi) is 5.07. The second-order valence-electron chi connectivity index (χ2n) is 5.37. The quantitative estimate of drug-likeness (QED) is 0.746. The summed E-state index contributed by atoms with van der Waals surface area (Å²) in [6.07, 6.45) is 1.58. The molecule has 0 saturated carbocycles. The molecular formula is C16H16N2O3S3. The molecule has 5 nitrogen and oxygen atoms in total. The minimum atomic E-state index is -3.24. The number of benzene rings is 1. The summed E-state index contributed by atoms with van der Waals surface area (Å²) in [4.78, 5) is 18.7. The maximum atomic E-state index is 12.8. The summed E-state index contributed by atoms with van der Waals surface area (Å²) < 4.78 is 24.3. The molecule has 1 aromatic heterocycles. The average molecular weight is 381 g/mol. The van der Waals surface area contributed by atoms with Crippen molar-refractivity contribution in [1.29, 1.82) is 0 Å². The van der Waals surface area contributed by atoms with Crippen molar-refractivity contribution in [2.75, 3.05) is 16.4 Å². The number of nitrogens with zero attached hydrogens (tertiary/aromatic N) is 2. The Balaban J connectivity index is 1.79. The first-order valence-corrected chi connectivity index (χ1v) is 10.9. The molecule has 1 amide bonds. The van der Waals surface area contributed by atoms with Crippen LogP contribution in [-0.2, 0) is 14.6 Å². The molecule has 126 valence electrons. The predicted molar refractivity (Wildman–Crippen MR) is 98.2 cm³/mol. The van der Waals surface area contributed by atoms with E-state index in [1.165, 1.54) is 28.5 Å². The van der Waals surface area contributed by atoms with Gasteiger partial charge in [0.1, 0.15) is 0 Å². The van der Waals surface area contributed by atoms with Gasteiger partial charge in [0.2, 0.25) is 5.91 Å². The first-order valence-electron chi connectivity index (χ1n) is 7.27. The summed E-state index contributed by atoms with van der Waals surface area (Å²) in [5.74, 6) is 0.00626. The van der Waals surface area contributed by atoms with E-state index in [9.17, 15) is 13.2 Å². The summed E-state index contributed by atoms with van der Waals surface area (Å²) in [6.45, 7) is 1.91. The van der Waals surface area contributed by atoms with Crippen LogP contribution in [0.1, 0.15) is 5.69 Å². The zero-order chi connectivity index (χ0) is 17.2. The minimum Gasteiger partial charge on any atom is -0.304 e. The van der Waals surface area contributed by atoms with Crippen LogP contribution < -0.4 is 4.90 Å². The van der Waals surface area contributed by atoms with Crippen molar-refractivity contribution in [3.05, 3.63) is 52.9 Å². The monoisotopic (exact) mass is 380 g/mol. The van der Waals surface area contributed by atoms with Crippen LogP contribution in [0.15, 0.2) is 51.5 Å². The number of hydrogen-bond acceptors (Lipinski definition) is 6. The second kappa shape index (κ2) is 7.08. The zero-order valence-electron chi connectivity index (χ0n) is 13.0. The summed E-state index contributed by atoms with van der Waals surface area (Å²) in [5, 5.41) is 3.13. The Morgan fingerprint density at radius 1 is 1.38 bits per heavy atom. The molecule has 0 N–H and O–H groups in total. The molecule has 1 atom stereocenters. The van der Waals surface area contributed by atoms with Crippen molar-refractivity contribution in [3.63, 3.8) is 0 Å². The molecule has 0 aliphatic carbocycles. The molecule has 2 aromatic rings. The van der Waals surface area contributed by atoms with Gasteiger partial charge in [0, 0.05) is 22.2 Å². The molecule has 1 aromatic carbocycles. The summed E-state index contributed by atoms with van der Waals surface area (Å²) in [6, 6.07) is 8.69. The first-order chi connectivity index (χ1) is 11.4. The summed E-state index contributed by atoms with van der Waals surface area (Å²) >= 11 is 2.88. The van der Waals surface area contributed by atoms with Crippen molar-refractivity contribution in [3.8, 4) is 0 Å². The predicted octanol–water partition coefficient (Wildman–Crippen LogP) is 2.89. The van der Waals surface area contributed by atoms with Crippen LogP contribution in [0.2, 0.25) is 0 Å². The highest BCUT2D eigenvalue weighted by Crippen LogP contribution is 2.26. The lowest BCUT2D eigenvalue weighted by atomic mass is 10.2. The van der Waals surface area contributed by atoms with E-state index in [1.807, 2.05) is 42.6 Å². The number of thioether (sulfide) groups is 1. The number of carbonyl (C=O) groups is 1. The highest BCUT2D eigenvalue weighted by molar-refractivity contribution is 8.01. The number of aryl methyl sites for hydroxylation is 1. The third-order valence-electron chi connectivity index (χ3n) is 3.46. The normalized spacial score (nSPS) is 18.6. The molecule has 8 heteroatoms. The molecular weight excluding hydrogens is 364 g/mol. The van der Waals surface area contributed by atoms with Gasteiger partial charge in [0.15, 0.2) is 14.2 Å². The van der Waals surface area contributed by atoms with Crippen LogP contribution in [0.4, 0.5) is 5.69 Å². The fraction of sp³-hybridized carbons (Fsp3) is 0.250. The maximum absolute atomic E-state index is 12.8. The van der Waals surface area contributed by atoms with E-state index >= 15 is 0 Å². The van der Waals surface area contributed by atoms with Gasteiger partial charge in [-0.1, -0.05) is 30.0 Å². The van der Waals surface area contributed by atoms with Crippen molar-refractivity contribution in [1.82, 2.24) is 4.98 Å². The fourth-order valence-electron chi connectivity index (χ4n) is 2.42. The van der Waals surface area contributed by atoms with Crippen LogP contribution in [0.5, 0.6) is 0 Å². The number of para-hydroxylation sites is 1. The van der Waals surface area contributed by atoms with Gasteiger partial charge in [-0.3, -0.25) is 4.79 Å². The van der Waals surface area contributed by atoms with Crippen molar-refractivity contribution in [2.24, 2.45) is 0 Å². The molecule has 3 rings (SSSR count). The Morgan fingerprint density at radius 3 is 2.71 bits per heavy atom. The molecule has 0 saturated heterocycles. The van der Waals surface area contributed by atoms with Gasteiger partial charge in [-0.05, 0) is 25.1 Å². The summed E-state index contributed by atoms with van der Waals surface area (Å²) in [5.41, 5.74) is 1.63. The SMILES string of the molecule is Cc1csc(SCC(=O)N(c2ccccc2)[C@H]2C=CS(=O)(=O)C2)n1. The van der Waals surface area contributed by atoms with Crippen LogP contribution >= 0.6 is 23.1 Å². The lowest BCUT2D eigenvalue weighted by molar-refractivity contribution is -0.116. The van der Waals surface area contributed by atoms with E-state index in [1.54, 1.807) is 11.0 Å². The number of carbonyl (C=O) groups excluding carboxylic acids is 1. The van der Waals surface area contributed by atoms with Gasteiger partial charge >= 0.3 is 0 Å². The smallest absolute Gasteiger partial charge is 0.238 e. The van der Waals surface area contributed by atoms with E-state index in [4.69, 9.17) is 0 Å². The topological polar surface area (TPSA) is 67.3 Å².